The standard InChI is InChI=1S/C23H21N3O4S/c1-12-10-17(15(4)31-12)19-11-18(20-13(2)26-30-22(20)25-19)23(28)29-14(3)21(27)24-16-8-6-5-7-9-16/h5-11,14H,1-4H3,(H,24,27). The lowest BCUT2D eigenvalue weighted by Gasteiger charge is -2.14. The smallest absolute Gasteiger partial charge is 0.339 e. The number of aryl methyl sites for hydroxylation is 3. The number of ether oxygens (including phenoxy) is 1. The van der Waals surface area contributed by atoms with Crippen molar-refractivity contribution in [2.75, 3.05) is 5.32 Å². The minimum atomic E-state index is -0.996. The van der Waals surface area contributed by atoms with Crippen molar-refractivity contribution in [3.63, 3.8) is 0 Å². The molecular formula is C23H21N3O4S. The molecular weight excluding hydrogens is 414 g/mol. The Balaban J connectivity index is 1.64. The molecule has 1 unspecified atom stereocenters. The number of hydrogen-bond acceptors (Lipinski definition) is 7. The molecule has 0 bridgehead atoms. The molecule has 0 saturated heterocycles. The Bertz CT molecular complexity index is 1280. The zero-order valence-electron chi connectivity index (χ0n) is 17.6. The number of nitrogens with one attached hydrogen (secondary N) is 1. The van der Waals surface area contributed by atoms with Crippen LogP contribution in [0.25, 0.3) is 22.4 Å². The number of pyridine rings is 1. The van der Waals surface area contributed by atoms with Crippen molar-refractivity contribution >= 4 is 40.0 Å². The number of benzene rings is 1. The van der Waals surface area contributed by atoms with Gasteiger partial charge in [0.25, 0.3) is 11.6 Å². The number of thiophene rings is 1. The van der Waals surface area contributed by atoms with Crippen molar-refractivity contribution in [3.8, 4) is 11.3 Å². The molecule has 1 atom stereocenters. The summed E-state index contributed by atoms with van der Waals surface area (Å²) >= 11 is 1.65. The molecule has 7 nitrogen and oxygen atoms in total. The molecule has 1 aromatic carbocycles. The predicted octanol–water partition coefficient (Wildman–Crippen LogP) is 5.06. The van der Waals surface area contributed by atoms with Crippen molar-refractivity contribution in [2.45, 2.75) is 33.8 Å². The van der Waals surface area contributed by atoms with Crippen molar-refractivity contribution in [3.05, 3.63) is 63.5 Å². The molecule has 3 aromatic heterocycles. The average molecular weight is 436 g/mol. The molecule has 1 N–H and O–H groups in total. The minimum absolute atomic E-state index is 0.256. The maximum absolute atomic E-state index is 13.1. The van der Waals surface area contributed by atoms with Crippen LogP contribution in [0.5, 0.6) is 0 Å². The first kappa shape index (κ1) is 20.7. The Labute approximate surface area is 183 Å². The number of esters is 1. The first-order chi connectivity index (χ1) is 14.8. The summed E-state index contributed by atoms with van der Waals surface area (Å²) < 4.78 is 10.8. The molecule has 0 aliphatic rings. The molecule has 0 saturated carbocycles. The van der Waals surface area contributed by atoms with Gasteiger partial charge in [-0.15, -0.1) is 11.3 Å². The van der Waals surface area contributed by atoms with E-state index in [0.29, 0.717) is 22.5 Å². The summed E-state index contributed by atoms with van der Waals surface area (Å²) in [7, 11) is 0. The van der Waals surface area contributed by atoms with Crippen molar-refractivity contribution in [2.24, 2.45) is 0 Å². The summed E-state index contributed by atoms with van der Waals surface area (Å²) in [6.45, 7) is 7.27. The van der Waals surface area contributed by atoms with E-state index in [9.17, 15) is 9.59 Å². The fraction of sp³-hybridized carbons (Fsp3) is 0.217. The lowest BCUT2D eigenvalue weighted by atomic mass is 10.1. The maximum atomic E-state index is 13.1. The van der Waals surface area contributed by atoms with E-state index in [1.54, 1.807) is 36.5 Å². The Morgan fingerprint density at radius 3 is 2.55 bits per heavy atom. The van der Waals surface area contributed by atoms with Crippen LogP contribution in [0.4, 0.5) is 5.69 Å². The van der Waals surface area contributed by atoms with Gasteiger partial charge in [0.05, 0.1) is 22.3 Å². The largest absolute Gasteiger partial charge is 0.449 e. The van der Waals surface area contributed by atoms with Gasteiger partial charge in [-0.3, -0.25) is 4.79 Å². The lowest BCUT2D eigenvalue weighted by molar-refractivity contribution is -0.123. The van der Waals surface area contributed by atoms with Crippen molar-refractivity contribution in [1.82, 2.24) is 10.1 Å². The van der Waals surface area contributed by atoms with E-state index in [1.165, 1.54) is 6.92 Å². The molecule has 1 amide bonds. The van der Waals surface area contributed by atoms with Crippen LogP contribution in [0.15, 0.2) is 47.0 Å². The van der Waals surface area contributed by atoms with Crippen LogP contribution in [0.2, 0.25) is 0 Å². The molecule has 4 aromatic rings. The van der Waals surface area contributed by atoms with Crippen molar-refractivity contribution < 1.29 is 18.8 Å². The number of rotatable bonds is 5. The highest BCUT2D eigenvalue weighted by Gasteiger charge is 2.25. The van der Waals surface area contributed by atoms with E-state index in [1.807, 2.05) is 38.1 Å². The van der Waals surface area contributed by atoms with Gasteiger partial charge in [-0.2, -0.15) is 0 Å². The quantitative estimate of drug-likeness (QED) is 0.440. The molecule has 0 fully saturated rings. The Morgan fingerprint density at radius 1 is 1.13 bits per heavy atom. The Kier molecular flexibility index (Phi) is 5.56. The van der Waals surface area contributed by atoms with Crippen LogP contribution >= 0.6 is 11.3 Å². The van der Waals surface area contributed by atoms with Crippen LogP contribution in [0.1, 0.15) is 32.7 Å². The first-order valence-corrected chi connectivity index (χ1v) is 10.6. The molecule has 4 rings (SSSR count). The van der Waals surface area contributed by atoms with E-state index in [0.717, 1.165) is 15.3 Å². The highest BCUT2D eigenvalue weighted by molar-refractivity contribution is 7.12. The number of anilines is 1. The van der Waals surface area contributed by atoms with E-state index < -0.39 is 18.0 Å². The van der Waals surface area contributed by atoms with Crippen LogP contribution in [0, 0.1) is 20.8 Å². The Morgan fingerprint density at radius 2 is 1.87 bits per heavy atom. The van der Waals surface area contributed by atoms with Gasteiger partial charge in [-0.25, -0.2) is 9.78 Å². The number of nitrogens with zero attached hydrogens (tertiary/aromatic N) is 2. The highest BCUT2D eigenvalue weighted by Crippen LogP contribution is 2.33. The Hall–Kier alpha value is -3.52. The third kappa shape index (κ3) is 4.20. The van der Waals surface area contributed by atoms with E-state index >= 15 is 0 Å². The molecule has 31 heavy (non-hydrogen) atoms. The predicted molar refractivity (Wildman–Crippen MR) is 119 cm³/mol. The second kappa shape index (κ2) is 8.31. The third-order valence-corrected chi connectivity index (χ3v) is 5.81. The van der Waals surface area contributed by atoms with E-state index in [2.05, 4.69) is 15.5 Å². The lowest BCUT2D eigenvalue weighted by Crippen LogP contribution is -2.30. The molecule has 3 heterocycles. The molecule has 0 aliphatic carbocycles. The van der Waals surface area contributed by atoms with Gasteiger partial charge in [0, 0.05) is 21.0 Å². The van der Waals surface area contributed by atoms with Gasteiger partial charge in [0.2, 0.25) is 0 Å². The second-order valence-corrected chi connectivity index (χ2v) is 8.69. The zero-order valence-corrected chi connectivity index (χ0v) is 18.4. The maximum Gasteiger partial charge on any atom is 0.339 e. The second-order valence-electron chi connectivity index (χ2n) is 7.23. The van der Waals surface area contributed by atoms with E-state index in [-0.39, 0.29) is 11.3 Å². The molecule has 158 valence electrons. The van der Waals surface area contributed by atoms with Crippen LogP contribution in [0.3, 0.4) is 0 Å². The monoisotopic (exact) mass is 435 g/mol. The van der Waals surface area contributed by atoms with Gasteiger partial charge in [0.15, 0.2) is 6.10 Å². The topological polar surface area (TPSA) is 94.3 Å². The molecule has 0 radical (unpaired) electrons. The fourth-order valence-electron chi connectivity index (χ4n) is 3.32. The molecule has 0 spiro atoms. The van der Waals surface area contributed by atoms with Gasteiger partial charge >= 0.3 is 5.97 Å². The number of hydrogen-bond donors (Lipinski definition) is 1. The summed E-state index contributed by atoms with van der Waals surface area (Å²) in [5.74, 6) is -1.06. The van der Waals surface area contributed by atoms with Gasteiger partial charge in [0.1, 0.15) is 0 Å². The van der Waals surface area contributed by atoms with Crippen LogP contribution < -0.4 is 5.32 Å². The van der Waals surface area contributed by atoms with Gasteiger partial charge < -0.3 is 14.6 Å². The number of carbonyl (C=O) groups is 2. The van der Waals surface area contributed by atoms with Gasteiger partial charge in [-0.1, -0.05) is 23.4 Å². The third-order valence-electron chi connectivity index (χ3n) is 4.85. The summed E-state index contributed by atoms with van der Waals surface area (Å²) in [5, 5.41) is 7.16. The number of amides is 1. The van der Waals surface area contributed by atoms with Crippen LogP contribution in [-0.2, 0) is 9.53 Å². The van der Waals surface area contributed by atoms with Crippen molar-refractivity contribution in [1.29, 1.82) is 0 Å². The summed E-state index contributed by atoms with van der Waals surface area (Å²) in [6, 6.07) is 12.7. The SMILES string of the molecule is Cc1cc(-c2cc(C(=O)OC(C)C(=O)Nc3ccccc3)c3c(C)noc3n2)c(C)s1. The number of fused-ring (bicyclic) bond motifs is 1. The van der Waals surface area contributed by atoms with Crippen LogP contribution in [-0.4, -0.2) is 28.1 Å². The van der Waals surface area contributed by atoms with E-state index in [4.69, 9.17) is 9.26 Å². The first-order valence-electron chi connectivity index (χ1n) is 9.75. The minimum Gasteiger partial charge on any atom is -0.449 e. The summed E-state index contributed by atoms with van der Waals surface area (Å²) in [6.07, 6.45) is -0.996. The average Bonchev–Trinajstić information content (AvgIpc) is 3.29. The number of carbonyl (C=O) groups excluding carboxylic acids is 2. The highest BCUT2D eigenvalue weighted by atomic mass is 32.1. The fourth-order valence-corrected chi connectivity index (χ4v) is 4.25. The number of para-hydroxylation sites is 1. The summed E-state index contributed by atoms with van der Waals surface area (Å²) in [4.78, 5) is 32.3. The normalized spacial score (nSPS) is 12.0. The van der Waals surface area contributed by atoms with Gasteiger partial charge in [-0.05, 0) is 52.0 Å². The zero-order chi connectivity index (χ0) is 22.1. The number of aromatic nitrogens is 2. The summed E-state index contributed by atoms with van der Waals surface area (Å²) in [5.41, 5.74) is 3.19. The molecule has 0 aliphatic heterocycles. The molecule has 8 heteroatoms.